The highest BCUT2D eigenvalue weighted by atomic mass is 35.5. The van der Waals surface area contributed by atoms with Crippen molar-refractivity contribution in [2.24, 2.45) is 0 Å². The van der Waals surface area contributed by atoms with Crippen LogP contribution >= 0.6 is 12.4 Å². The van der Waals surface area contributed by atoms with Gasteiger partial charge in [-0.25, -0.2) is 4.84 Å². The number of nitrogens with zero attached hydrogens (tertiary/aromatic N) is 1. The van der Waals surface area contributed by atoms with Gasteiger partial charge in [-0.3, -0.25) is 10.5 Å². The molecule has 0 saturated heterocycles. The molecule has 0 amide bonds. The summed E-state index contributed by atoms with van der Waals surface area (Å²) in [6.45, 7) is -2.82. The standard InChI is InChI=1S/C6H6F2N2O.ClH/c7-6(8)11-10-5-2-1-3-9-4-5;/h1-4,6,10H;1H. The van der Waals surface area contributed by atoms with E-state index >= 15 is 0 Å². The van der Waals surface area contributed by atoms with E-state index in [1.54, 1.807) is 12.1 Å². The number of halogens is 3. The Labute approximate surface area is 74.1 Å². The quantitative estimate of drug-likeness (QED) is 0.752. The second-order valence-corrected chi connectivity index (χ2v) is 1.72. The molecule has 1 N–H and O–H groups in total. The highest BCUT2D eigenvalue weighted by Gasteiger charge is 2.00. The average molecular weight is 197 g/mol. The fourth-order valence-corrected chi connectivity index (χ4v) is 0.536. The van der Waals surface area contributed by atoms with Crippen LogP contribution in [0.5, 0.6) is 0 Å². The summed E-state index contributed by atoms with van der Waals surface area (Å²) in [6, 6.07) is 3.17. The van der Waals surface area contributed by atoms with Crippen LogP contribution in [0.2, 0.25) is 0 Å². The molecule has 0 aliphatic rings. The van der Waals surface area contributed by atoms with Crippen LogP contribution in [0, 0.1) is 0 Å². The Morgan fingerprint density at radius 1 is 1.50 bits per heavy atom. The van der Waals surface area contributed by atoms with Crippen molar-refractivity contribution in [2.75, 3.05) is 5.48 Å². The first kappa shape index (κ1) is 11.1. The Bertz CT molecular complexity index is 210. The molecular formula is C6H7ClF2N2O. The maximum atomic E-state index is 11.4. The molecular weight excluding hydrogens is 190 g/mol. The van der Waals surface area contributed by atoms with Gasteiger partial charge in [0.05, 0.1) is 11.9 Å². The number of hydrogen-bond acceptors (Lipinski definition) is 3. The van der Waals surface area contributed by atoms with Crippen molar-refractivity contribution >= 4 is 18.1 Å². The van der Waals surface area contributed by atoms with Gasteiger partial charge in [-0.1, -0.05) is 0 Å². The average Bonchev–Trinajstić information content (AvgIpc) is 2.03. The molecule has 12 heavy (non-hydrogen) atoms. The van der Waals surface area contributed by atoms with E-state index < -0.39 is 6.61 Å². The summed E-state index contributed by atoms with van der Waals surface area (Å²) in [6.07, 6.45) is 2.91. The van der Waals surface area contributed by atoms with E-state index in [4.69, 9.17) is 0 Å². The minimum absolute atomic E-state index is 0. The largest absolute Gasteiger partial charge is 0.364 e. The number of nitrogens with one attached hydrogen (secondary N) is 1. The molecule has 0 aromatic carbocycles. The van der Waals surface area contributed by atoms with Gasteiger partial charge < -0.3 is 0 Å². The van der Waals surface area contributed by atoms with Crippen molar-refractivity contribution in [1.82, 2.24) is 4.98 Å². The Kier molecular flexibility index (Phi) is 5.23. The van der Waals surface area contributed by atoms with Crippen LogP contribution in [0.1, 0.15) is 0 Å². The van der Waals surface area contributed by atoms with Crippen molar-refractivity contribution in [3.63, 3.8) is 0 Å². The van der Waals surface area contributed by atoms with Crippen LogP contribution in [0.25, 0.3) is 0 Å². The third kappa shape index (κ3) is 4.05. The number of alkyl halides is 2. The zero-order chi connectivity index (χ0) is 8.10. The van der Waals surface area contributed by atoms with Crippen molar-refractivity contribution in [2.45, 2.75) is 6.61 Å². The van der Waals surface area contributed by atoms with E-state index in [1.807, 2.05) is 5.48 Å². The van der Waals surface area contributed by atoms with Crippen LogP contribution in [-0.4, -0.2) is 11.6 Å². The van der Waals surface area contributed by atoms with Gasteiger partial charge in [0.25, 0.3) is 0 Å². The van der Waals surface area contributed by atoms with Crippen LogP contribution in [0.15, 0.2) is 24.5 Å². The second kappa shape index (κ2) is 5.68. The molecule has 6 heteroatoms. The molecule has 1 rings (SSSR count). The van der Waals surface area contributed by atoms with E-state index in [0.717, 1.165) is 0 Å². The minimum Gasteiger partial charge on any atom is -0.262 e. The molecule has 68 valence electrons. The molecule has 0 unspecified atom stereocenters. The lowest BCUT2D eigenvalue weighted by molar-refractivity contribution is -0.105. The lowest BCUT2D eigenvalue weighted by Crippen LogP contribution is -2.06. The predicted octanol–water partition coefficient (Wildman–Crippen LogP) is 2.07. The summed E-state index contributed by atoms with van der Waals surface area (Å²) in [7, 11) is 0. The molecule has 1 heterocycles. The van der Waals surface area contributed by atoms with E-state index in [9.17, 15) is 8.78 Å². The Balaban J connectivity index is 0.00000121. The smallest absolute Gasteiger partial charge is 0.262 e. The van der Waals surface area contributed by atoms with Crippen LogP contribution < -0.4 is 5.48 Å². The summed E-state index contributed by atoms with van der Waals surface area (Å²) in [4.78, 5) is 7.48. The number of aromatic nitrogens is 1. The van der Waals surface area contributed by atoms with Gasteiger partial charge in [0.2, 0.25) is 0 Å². The van der Waals surface area contributed by atoms with Crippen LogP contribution in [-0.2, 0) is 4.84 Å². The van der Waals surface area contributed by atoms with Crippen molar-refractivity contribution in [1.29, 1.82) is 0 Å². The fraction of sp³-hybridized carbons (Fsp3) is 0.167. The molecule has 0 atom stereocenters. The zero-order valence-electron chi connectivity index (χ0n) is 5.91. The topological polar surface area (TPSA) is 34.1 Å². The van der Waals surface area contributed by atoms with E-state index in [0.29, 0.717) is 5.69 Å². The monoisotopic (exact) mass is 196 g/mol. The first-order valence-electron chi connectivity index (χ1n) is 2.89. The van der Waals surface area contributed by atoms with E-state index in [-0.39, 0.29) is 12.4 Å². The third-order valence-corrected chi connectivity index (χ3v) is 0.927. The van der Waals surface area contributed by atoms with Gasteiger partial charge in [0.1, 0.15) is 0 Å². The molecule has 0 aliphatic heterocycles. The van der Waals surface area contributed by atoms with Crippen LogP contribution in [0.3, 0.4) is 0 Å². The fourth-order valence-electron chi connectivity index (χ4n) is 0.536. The Morgan fingerprint density at radius 3 is 2.75 bits per heavy atom. The Morgan fingerprint density at radius 2 is 2.25 bits per heavy atom. The summed E-state index contributed by atoms with van der Waals surface area (Å²) in [5.41, 5.74) is 2.43. The van der Waals surface area contributed by atoms with Crippen LogP contribution in [0.4, 0.5) is 14.5 Å². The lowest BCUT2D eigenvalue weighted by atomic mass is 10.4. The molecule has 0 saturated carbocycles. The van der Waals surface area contributed by atoms with Gasteiger partial charge in [-0.05, 0) is 12.1 Å². The van der Waals surface area contributed by atoms with E-state index in [1.165, 1.54) is 12.4 Å². The number of pyridine rings is 1. The van der Waals surface area contributed by atoms with Gasteiger partial charge in [0.15, 0.2) is 0 Å². The maximum absolute atomic E-state index is 11.4. The van der Waals surface area contributed by atoms with Gasteiger partial charge in [0, 0.05) is 6.20 Å². The lowest BCUT2D eigenvalue weighted by Gasteiger charge is -2.03. The normalized spacial score (nSPS) is 9.25. The van der Waals surface area contributed by atoms with Gasteiger partial charge in [-0.2, -0.15) is 8.78 Å². The molecule has 0 bridgehead atoms. The first-order valence-corrected chi connectivity index (χ1v) is 2.89. The SMILES string of the molecule is Cl.FC(F)ONc1cccnc1. The summed E-state index contributed by atoms with van der Waals surface area (Å²) >= 11 is 0. The third-order valence-electron chi connectivity index (χ3n) is 0.927. The summed E-state index contributed by atoms with van der Waals surface area (Å²) in [5, 5.41) is 0. The molecule has 0 spiro atoms. The molecule has 3 nitrogen and oxygen atoms in total. The zero-order valence-corrected chi connectivity index (χ0v) is 6.72. The van der Waals surface area contributed by atoms with Crippen molar-refractivity contribution in [3.8, 4) is 0 Å². The van der Waals surface area contributed by atoms with Crippen molar-refractivity contribution in [3.05, 3.63) is 24.5 Å². The Hall–Kier alpha value is -0.940. The number of hydrogen-bond donors (Lipinski definition) is 1. The molecule has 0 aliphatic carbocycles. The molecule has 1 aromatic rings. The highest BCUT2D eigenvalue weighted by molar-refractivity contribution is 5.85. The first-order chi connectivity index (χ1) is 5.29. The van der Waals surface area contributed by atoms with E-state index in [2.05, 4.69) is 9.82 Å². The number of anilines is 1. The van der Waals surface area contributed by atoms with Gasteiger partial charge >= 0.3 is 6.61 Å². The number of rotatable bonds is 3. The summed E-state index contributed by atoms with van der Waals surface area (Å²) in [5.74, 6) is 0. The maximum Gasteiger partial charge on any atom is 0.364 e. The molecule has 0 fully saturated rings. The minimum atomic E-state index is -2.82. The predicted molar refractivity (Wildman–Crippen MR) is 42.2 cm³/mol. The summed E-state index contributed by atoms with van der Waals surface area (Å²) < 4.78 is 22.8. The molecule has 1 aromatic heterocycles. The van der Waals surface area contributed by atoms with Crippen molar-refractivity contribution < 1.29 is 13.6 Å². The highest BCUT2D eigenvalue weighted by Crippen LogP contribution is 2.04. The van der Waals surface area contributed by atoms with Gasteiger partial charge in [-0.15, -0.1) is 12.4 Å². The molecule has 0 radical (unpaired) electrons. The second-order valence-electron chi connectivity index (χ2n) is 1.72.